The Bertz CT molecular complexity index is 668. The fourth-order valence-corrected chi connectivity index (χ4v) is 1.74. The first-order valence-corrected chi connectivity index (χ1v) is 5.73. The number of hydrogen-bond acceptors (Lipinski definition) is 1. The lowest BCUT2D eigenvalue weighted by atomic mass is 10.0. The number of ketones is 1. The third kappa shape index (κ3) is 2.63. The Morgan fingerprint density at radius 1 is 1.00 bits per heavy atom. The lowest BCUT2D eigenvalue weighted by molar-refractivity contribution is 0.103. The van der Waals surface area contributed by atoms with E-state index in [0.29, 0.717) is 6.07 Å². The Kier molecular flexibility index (Phi) is 3.62. The number of carbonyl (C=O) groups is 1. The molecule has 0 unspecified atom stereocenters. The molecule has 0 amide bonds. The zero-order valence-electron chi connectivity index (χ0n) is 9.81. The third-order valence-electron chi connectivity index (χ3n) is 2.67. The predicted molar refractivity (Wildman–Crippen MR) is 65.9 cm³/mol. The van der Waals surface area contributed by atoms with Crippen molar-refractivity contribution >= 4 is 17.4 Å². The van der Waals surface area contributed by atoms with Gasteiger partial charge in [-0.2, -0.15) is 0 Å². The van der Waals surface area contributed by atoms with Gasteiger partial charge in [0.25, 0.3) is 0 Å². The summed E-state index contributed by atoms with van der Waals surface area (Å²) in [6.45, 7) is 1.41. The van der Waals surface area contributed by atoms with Crippen molar-refractivity contribution in [2.24, 2.45) is 0 Å². The van der Waals surface area contributed by atoms with E-state index in [9.17, 15) is 18.0 Å². The Hall–Kier alpha value is -1.81. The van der Waals surface area contributed by atoms with Crippen LogP contribution in [0.2, 0.25) is 5.02 Å². The maximum atomic E-state index is 13.6. The molecule has 0 aliphatic rings. The summed E-state index contributed by atoms with van der Waals surface area (Å²) >= 11 is 5.50. The minimum atomic E-state index is -0.983. The molecular formula is C14H8ClF3O. The molecule has 0 N–H and O–H groups in total. The third-order valence-corrected chi connectivity index (χ3v) is 2.98. The van der Waals surface area contributed by atoms with Gasteiger partial charge in [-0.25, -0.2) is 13.2 Å². The van der Waals surface area contributed by atoms with Crippen molar-refractivity contribution < 1.29 is 18.0 Å². The quantitative estimate of drug-likeness (QED) is 0.752. The minimum absolute atomic E-state index is 0.0493. The fraction of sp³-hybridized carbons (Fsp3) is 0.0714. The highest BCUT2D eigenvalue weighted by Gasteiger charge is 2.17. The van der Waals surface area contributed by atoms with Crippen molar-refractivity contribution in [2.45, 2.75) is 6.92 Å². The summed E-state index contributed by atoms with van der Waals surface area (Å²) in [5.41, 5.74) is -0.216. The van der Waals surface area contributed by atoms with Gasteiger partial charge >= 0.3 is 0 Å². The average molecular weight is 285 g/mol. The van der Waals surface area contributed by atoms with Gasteiger partial charge in [-0.3, -0.25) is 4.79 Å². The average Bonchev–Trinajstić information content (AvgIpc) is 2.36. The van der Waals surface area contributed by atoms with Gasteiger partial charge in [0.05, 0.1) is 10.6 Å². The standard InChI is InChI=1S/C14H8ClF3O/c1-7-4-9(12(17)6-11(7)16)14(19)8-2-3-10(15)13(18)5-8/h2-6H,1H3. The molecule has 5 heteroatoms. The summed E-state index contributed by atoms with van der Waals surface area (Å²) in [7, 11) is 0. The number of benzene rings is 2. The summed E-state index contributed by atoms with van der Waals surface area (Å²) in [5.74, 6) is -3.22. The predicted octanol–water partition coefficient (Wildman–Crippen LogP) is 4.30. The number of halogens is 4. The van der Waals surface area contributed by atoms with Crippen molar-refractivity contribution in [1.29, 1.82) is 0 Å². The van der Waals surface area contributed by atoms with Crippen LogP contribution in [-0.4, -0.2) is 5.78 Å². The molecule has 0 radical (unpaired) electrons. The van der Waals surface area contributed by atoms with Gasteiger partial charge in [0.2, 0.25) is 0 Å². The normalized spacial score (nSPS) is 10.6. The van der Waals surface area contributed by atoms with Crippen molar-refractivity contribution in [2.75, 3.05) is 0 Å². The highest BCUT2D eigenvalue weighted by molar-refractivity contribution is 6.30. The second-order valence-corrected chi connectivity index (χ2v) is 4.45. The number of aryl methyl sites for hydroxylation is 1. The zero-order chi connectivity index (χ0) is 14.2. The second-order valence-electron chi connectivity index (χ2n) is 4.04. The van der Waals surface area contributed by atoms with Crippen LogP contribution in [0.3, 0.4) is 0 Å². The van der Waals surface area contributed by atoms with Crippen molar-refractivity contribution in [1.82, 2.24) is 0 Å². The maximum Gasteiger partial charge on any atom is 0.196 e. The lowest BCUT2D eigenvalue weighted by Crippen LogP contribution is -2.06. The Labute approximate surface area is 112 Å². The van der Waals surface area contributed by atoms with Crippen LogP contribution in [0.15, 0.2) is 30.3 Å². The molecule has 1 nitrogen and oxygen atoms in total. The van der Waals surface area contributed by atoms with E-state index in [-0.39, 0.29) is 21.7 Å². The lowest BCUT2D eigenvalue weighted by Gasteiger charge is -2.06. The highest BCUT2D eigenvalue weighted by Crippen LogP contribution is 2.21. The number of hydrogen-bond donors (Lipinski definition) is 0. The van der Waals surface area contributed by atoms with Crippen LogP contribution in [0.4, 0.5) is 13.2 Å². The van der Waals surface area contributed by atoms with Crippen LogP contribution in [0.25, 0.3) is 0 Å². The van der Waals surface area contributed by atoms with E-state index in [2.05, 4.69) is 0 Å². The van der Waals surface area contributed by atoms with Gasteiger partial charge in [-0.05, 0) is 36.8 Å². The molecule has 2 rings (SSSR count). The molecular weight excluding hydrogens is 277 g/mol. The molecule has 0 spiro atoms. The first-order chi connectivity index (χ1) is 8.90. The highest BCUT2D eigenvalue weighted by atomic mass is 35.5. The topological polar surface area (TPSA) is 17.1 Å². The van der Waals surface area contributed by atoms with Crippen LogP contribution in [0, 0.1) is 24.4 Å². The van der Waals surface area contributed by atoms with E-state index < -0.39 is 23.2 Å². The molecule has 2 aromatic rings. The molecule has 0 saturated heterocycles. The molecule has 2 aromatic carbocycles. The monoisotopic (exact) mass is 284 g/mol. The van der Waals surface area contributed by atoms with Crippen LogP contribution in [-0.2, 0) is 0 Å². The maximum absolute atomic E-state index is 13.6. The largest absolute Gasteiger partial charge is 0.288 e. The Morgan fingerprint density at radius 2 is 1.68 bits per heavy atom. The first kappa shape index (κ1) is 13.6. The van der Waals surface area contributed by atoms with E-state index in [4.69, 9.17) is 11.6 Å². The fourth-order valence-electron chi connectivity index (χ4n) is 1.62. The molecule has 0 aliphatic heterocycles. The Balaban J connectivity index is 2.49. The molecule has 0 bridgehead atoms. The van der Waals surface area contributed by atoms with E-state index in [0.717, 1.165) is 12.1 Å². The summed E-state index contributed by atoms with van der Waals surface area (Å²) < 4.78 is 39.9. The summed E-state index contributed by atoms with van der Waals surface area (Å²) in [6.07, 6.45) is 0. The van der Waals surface area contributed by atoms with Gasteiger partial charge in [0.1, 0.15) is 17.5 Å². The first-order valence-electron chi connectivity index (χ1n) is 5.35. The van der Waals surface area contributed by atoms with Crippen LogP contribution in [0.5, 0.6) is 0 Å². The zero-order valence-corrected chi connectivity index (χ0v) is 10.6. The van der Waals surface area contributed by atoms with Crippen molar-refractivity contribution in [3.63, 3.8) is 0 Å². The van der Waals surface area contributed by atoms with Crippen molar-refractivity contribution in [3.8, 4) is 0 Å². The van der Waals surface area contributed by atoms with Crippen LogP contribution >= 0.6 is 11.6 Å². The molecule has 98 valence electrons. The number of carbonyl (C=O) groups excluding carboxylic acids is 1. The van der Waals surface area contributed by atoms with E-state index >= 15 is 0 Å². The Morgan fingerprint density at radius 3 is 2.32 bits per heavy atom. The number of rotatable bonds is 2. The van der Waals surface area contributed by atoms with E-state index in [1.165, 1.54) is 19.1 Å². The molecule has 0 saturated carbocycles. The molecule has 0 aliphatic carbocycles. The van der Waals surface area contributed by atoms with Gasteiger partial charge in [0, 0.05) is 11.6 Å². The van der Waals surface area contributed by atoms with Gasteiger partial charge < -0.3 is 0 Å². The van der Waals surface area contributed by atoms with Crippen molar-refractivity contribution in [3.05, 3.63) is 69.5 Å². The summed E-state index contributed by atoms with van der Waals surface area (Å²) in [4.78, 5) is 12.0. The molecule has 0 fully saturated rings. The van der Waals surface area contributed by atoms with Gasteiger partial charge in [-0.15, -0.1) is 0 Å². The minimum Gasteiger partial charge on any atom is -0.288 e. The summed E-state index contributed by atoms with van der Waals surface area (Å²) in [6, 6.07) is 5.14. The molecule has 0 aromatic heterocycles. The summed E-state index contributed by atoms with van der Waals surface area (Å²) in [5, 5.41) is -0.132. The molecule has 0 atom stereocenters. The van der Waals surface area contributed by atoms with Crippen LogP contribution in [0.1, 0.15) is 21.5 Å². The second kappa shape index (κ2) is 5.05. The smallest absolute Gasteiger partial charge is 0.196 e. The molecule has 19 heavy (non-hydrogen) atoms. The SMILES string of the molecule is Cc1cc(C(=O)c2ccc(Cl)c(F)c2)c(F)cc1F. The van der Waals surface area contributed by atoms with E-state index in [1.54, 1.807) is 0 Å². The van der Waals surface area contributed by atoms with Gasteiger partial charge in [0.15, 0.2) is 5.78 Å². The van der Waals surface area contributed by atoms with Gasteiger partial charge in [-0.1, -0.05) is 11.6 Å². The molecule has 0 heterocycles. The van der Waals surface area contributed by atoms with Crippen LogP contribution < -0.4 is 0 Å². The van der Waals surface area contributed by atoms with E-state index in [1.807, 2.05) is 0 Å².